The van der Waals surface area contributed by atoms with Crippen LogP contribution in [0.4, 0.5) is 0 Å². The third-order valence-electron chi connectivity index (χ3n) is 2.45. The molecule has 0 atom stereocenters. The number of unbranched alkanes of at least 4 members (excludes halogenated alkanes) is 1. The van der Waals surface area contributed by atoms with Gasteiger partial charge in [0.15, 0.2) is 0 Å². The van der Waals surface area contributed by atoms with Gasteiger partial charge in [0, 0.05) is 25.8 Å². The zero-order chi connectivity index (χ0) is 14.3. The van der Waals surface area contributed by atoms with E-state index in [4.69, 9.17) is 4.84 Å². The van der Waals surface area contributed by atoms with Gasteiger partial charge >= 0.3 is 5.97 Å². The minimum absolute atomic E-state index is 0.0450. The van der Waals surface area contributed by atoms with Gasteiger partial charge in [-0.15, -0.1) is 5.06 Å². The number of hydrogen-bond donors (Lipinski definition) is 1. The summed E-state index contributed by atoms with van der Waals surface area (Å²) >= 11 is 1.96. The van der Waals surface area contributed by atoms with Crippen molar-refractivity contribution in [3.05, 3.63) is 0 Å². The summed E-state index contributed by atoms with van der Waals surface area (Å²) < 4.78 is 0.402. The third kappa shape index (κ3) is 5.53. The maximum atomic E-state index is 11.4. The first-order valence-electron chi connectivity index (χ1n) is 5.94. The molecule has 1 N–H and O–H groups in total. The van der Waals surface area contributed by atoms with E-state index in [2.05, 4.69) is 5.32 Å². The number of hydroxylamine groups is 2. The molecular weight excluding hydrogens is 367 g/mol. The molecule has 0 aromatic carbocycles. The highest BCUT2D eigenvalue weighted by Crippen LogP contribution is 2.13. The van der Waals surface area contributed by atoms with Gasteiger partial charge < -0.3 is 10.2 Å². The average Bonchev–Trinajstić information content (AvgIpc) is 2.69. The van der Waals surface area contributed by atoms with Crippen LogP contribution in [0, 0.1) is 0 Å². The molecule has 1 aliphatic heterocycles. The minimum atomic E-state index is -0.608. The number of rotatable bonds is 7. The van der Waals surface area contributed by atoms with Crippen LogP contribution >= 0.6 is 22.6 Å². The molecule has 0 radical (unpaired) electrons. The van der Waals surface area contributed by atoms with Crippen LogP contribution in [0.5, 0.6) is 0 Å². The van der Waals surface area contributed by atoms with E-state index >= 15 is 0 Å². The summed E-state index contributed by atoms with van der Waals surface area (Å²) in [5.74, 6) is -1.61. The van der Waals surface area contributed by atoms with Gasteiger partial charge in [0.25, 0.3) is 11.8 Å². The Kier molecular flexibility index (Phi) is 6.74. The highest BCUT2D eigenvalue weighted by atomic mass is 127. The standard InChI is InChI=1S/C11H15IN2O5/c12-7-8(15)13-6-2-1-3-11(18)19-14-9(16)4-5-10(14)17/h1-7H2,(H,13,15). The molecule has 106 valence electrons. The predicted molar refractivity (Wildman–Crippen MR) is 72.9 cm³/mol. The Morgan fingerprint density at radius 1 is 1.21 bits per heavy atom. The Hall–Kier alpha value is -1.19. The van der Waals surface area contributed by atoms with Gasteiger partial charge in [-0.2, -0.15) is 0 Å². The van der Waals surface area contributed by atoms with Crippen molar-refractivity contribution < 1.29 is 24.0 Å². The van der Waals surface area contributed by atoms with Crippen molar-refractivity contribution in [1.29, 1.82) is 0 Å². The second-order valence-corrected chi connectivity index (χ2v) is 4.75. The molecule has 0 aromatic heterocycles. The van der Waals surface area contributed by atoms with Crippen molar-refractivity contribution in [2.24, 2.45) is 0 Å². The fourth-order valence-corrected chi connectivity index (χ4v) is 1.74. The Morgan fingerprint density at radius 2 is 1.84 bits per heavy atom. The van der Waals surface area contributed by atoms with Crippen molar-refractivity contribution in [1.82, 2.24) is 10.4 Å². The SMILES string of the molecule is O=C(CI)NCCCCC(=O)ON1C(=O)CCC1=O. The van der Waals surface area contributed by atoms with Crippen LogP contribution in [0.2, 0.25) is 0 Å². The zero-order valence-electron chi connectivity index (χ0n) is 10.3. The molecule has 1 fully saturated rings. The Balaban J connectivity index is 2.13. The number of halogens is 1. The molecule has 19 heavy (non-hydrogen) atoms. The Bertz CT molecular complexity index is 369. The van der Waals surface area contributed by atoms with E-state index in [0.717, 1.165) is 0 Å². The number of imide groups is 1. The van der Waals surface area contributed by atoms with Crippen LogP contribution in [0.1, 0.15) is 32.1 Å². The first-order chi connectivity index (χ1) is 9.04. The van der Waals surface area contributed by atoms with Crippen molar-refractivity contribution in [3.8, 4) is 0 Å². The monoisotopic (exact) mass is 382 g/mol. The Morgan fingerprint density at radius 3 is 2.42 bits per heavy atom. The lowest BCUT2D eigenvalue weighted by Gasteiger charge is -2.12. The molecule has 1 heterocycles. The number of amides is 3. The summed E-state index contributed by atoms with van der Waals surface area (Å²) in [7, 11) is 0. The van der Waals surface area contributed by atoms with E-state index in [0.29, 0.717) is 28.9 Å². The summed E-state index contributed by atoms with van der Waals surface area (Å²) in [5.41, 5.74) is 0. The maximum absolute atomic E-state index is 11.4. The first kappa shape index (κ1) is 15.9. The zero-order valence-corrected chi connectivity index (χ0v) is 12.5. The second kappa shape index (κ2) is 8.08. The number of carbonyl (C=O) groups is 4. The molecule has 1 aliphatic rings. The van der Waals surface area contributed by atoms with Gasteiger partial charge in [-0.1, -0.05) is 22.6 Å². The first-order valence-corrected chi connectivity index (χ1v) is 7.46. The predicted octanol–water partition coefficient (Wildman–Crippen LogP) is 0.315. The molecule has 3 amide bonds. The highest BCUT2D eigenvalue weighted by molar-refractivity contribution is 14.1. The number of nitrogens with zero attached hydrogens (tertiary/aromatic N) is 1. The number of hydrogen-bond acceptors (Lipinski definition) is 5. The van der Waals surface area contributed by atoms with Crippen molar-refractivity contribution in [3.63, 3.8) is 0 Å². The quantitative estimate of drug-likeness (QED) is 0.296. The van der Waals surface area contributed by atoms with E-state index in [1.807, 2.05) is 22.6 Å². The lowest BCUT2D eigenvalue weighted by atomic mass is 10.2. The average molecular weight is 382 g/mol. The molecule has 0 bridgehead atoms. The molecule has 7 nitrogen and oxygen atoms in total. The summed E-state index contributed by atoms with van der Waals surface area (Å²) in [4.78, 5) is 49.4. The van der Waals surface area contributed by atoms with Crippen molar-refractivity contribution >= 4 is 46.3 Å². The third-order valence-corrected chi connectivity index (χ3v) is 3.14. The highest BCUT2D eigenvalue weighted by Gasteiger charge is 2.32. The van der Waals surface area contributed by atoms with Gasteiger partial charge in [-0.05, 0) is 12.8 Å². The molecule has 1 rings (SSSR count). The van der Waals surface area contributed by atoms with E-state index in [1.165, 1.54) is 0 Å². The number of alkyl halides is 1. The van der Waals surface area contributed by atoms with E-state index in [1.54, 1.807) is 0 Å². The summed E-state index contributed by atoms with van der Waals surface area (Å²) in [6.07, 6.45) is 1.45. The van der Waals surface area contributed by atoms with Crippen LogP contribution in [0.3, 0.4) is 0 Å². The molecule has 0 unspecified atom stereocenters. The fraction of sp³-hybridized carbons (Fsp3) is 0.636. The van der Waals surface area contributed by atoms with Crippen LogP contribution in [-0.4, -0.2) is 39.7 Å². The number of nitrogens with one attached hydrogen (secondary N) is 1. The molecule has 8 heteroatoms. The molecule has 0 saturated carbocycles. The van der Waals surface area contributed by atoms with Crippen LogP contribution in [-0.2, 0) is 24.0 Å². The normalized spacial score (nSPS) is 14.7. The maximum Gasteiger partial charge on any atom is 0.333 e. The molecule has 0 aromatic rings. The summed E-state index contributed by atoms with van der Waals surface area (Å²) in [6, 6.07) is 0. The van der Waals surface area contributed by atoms with Crippen molar-refractivity contribution in [2.75, 3.05) is 11.0 Å². The topological polar surface area (TPSA) is 92.8 Å². The summed E-state index contributed by atoms with van der Waals surface area (Å²) in [5, 5.41) is 3.22. The second-order valence-electron chi connectivity index (χ2n) is 3.99. The lowest BCUT2D eigenvalue weighted by Crippen LogP contribution is -2.32. The van der Waals surface area contributed by atoms with E-state index in [9.17, 15) is 19.2 Å². The fourth-order valence-electron chi connectivity index (χ4n) is 1.47. The van der Waals surface area contributed by atoms with E-state index in [-0.39, 0.29) is 25.2 Å². The van der Waals surface area contributed by atoms with E-state index < -0.39 is 17.8 Å². The van der Waals surface area contributed by atoms with Gasteiger partial charge in [0.05, 0.1) is 4.43 Å². The smallest absolute Gasteiger partial charge is 0.333 e. The minimum Gasteiger partial charge on any atom is -0.355 e. The molecular formula is C11H15IN2O5. The van der Waals surface area contributed by atoms with Gasteiger partial charge in [-0.25, -0.2) is 4.79 Å². The molecule has 0 spiro atoms. The molecule has 1 saturated heterocycles. The van der Waals surface area contributed by atoms with Gasteiger partial charge in [0.2, 0.25) is 5.91 Å². The van der Waals surface area contributed by atoms with Crippen LogP contribution < -0.4 is 5.32 Å². The lowest BCUT2D eigenvalue weighted by molar-refractivity contribution is -0.197. The largest absolute Gasteiger partial charge is 0.355 e. The van der Waals surface area contributed by atoms with Crippen LogP contribution in [0.15, 0.2) is 0 Å². The van der Waals surface area contributed by atoms with Gasteiger partial charge in [0.1, 0.15) is 0 Å². The van der Waals surface area contributed by atoms with Crippen molar-refractivity contribution in [2.45, 2.75) is 32.1 Å². The van der Waals surface area contributed by atoms with Crippen LogP contribution in [0.25, 0.3) is 0 Å². The molecule has 0 aliphatic carbocycles. The summed E-state index contributed by atoms with van der Waals surface area (Å²) in [6.45, 7) is 0.497. The van der Waals surface area contributed by atoms with Gasteiger partial charge in [-0.3, -0.25) is 14.4 Å². The Labute approximate surface area is 124 Å². The number of carbonyl (C=O) groups excluding carboxylic acids is 4.